The highest BCUT2D eigenvalue weighted by Crippen LogP contribution is 2.21. The van der Waals surface area contributed by atoms with Crippen molar-refractivity contribution >= 4 is 32.6 Å². The van der Waals surface area contributed by atoms with Gasteiger partial charge < -0.3 is 9.26 Å². The summed E-state index contributed by atoms with van der Waals surface area (Å²) in [5, 5.41) is 5.11. The molecular weight excluding hydrogens is 364 g/mol. The second-order valence-electron chi connectivity index (χ2n) is 5.51. The number of ether oxygens (including phenoxy) is 1. The maximum absolute atomic E-state index is 12.4. The first-order chi connectivity index (χ1) is 12.0. The predicted molar refractivity (Wildman–Crippen MR) is 95.8 cm³/mol. The molecule has 3 aromatic rings. The van der Waals surface area contributed by atoms with E-state index in [4.69, 9.17) is 20.9 Å². The maximum Gasteiger partial charge on any atom is 0.217 e. The Kier molecular flexibility index (Phi) is 5.39. The molecular formula is C17H17ClN2O4S. The van der Waals surface area contributed by atoms with Crippen molar-refractivity contribution in [3.63, 3.8) is 0 Å². The lowest BCUT2D eigenvalue weighted by Gasteiger charge is -2.16. The highest BCUT2D eigenvalue weighted by atomic mass is 35.5. The summed E-state index contributed by atoms with van der Waals surface area (Å²) >= 11 is 5.97. The summed E-state index contributed by atoms with van der Waals surface area (Å²) in [6, 6.07) is 14.2. The number of nitrogens with zero attached hydrogens (tertiary/aromatic N) is 1. The van der Waals surface area contributed by atoms with E-state index >= 15 is 0 Å². The molecule has 3 rings (SSSR count). The third-order valence-electron chi connectivity index (χ3n) is 3.77. The summed E-state index contributed by atoms with van der Waals surface area (Å²) in [5.74, 6) is -0.268. The van der Waals surface area contributed by atoms with Gasteiger partial charge in [0.2, 0.25) is 10.0 Å². The number of benzene rings is 2. The molecule has 1 atom stereocenters. The van der Waals surface area contributed by atoms with Gasteiger partial charge >= 0.3 is 0 Å². The third-order valence-corrected chi connectivity index (χ3v) is 5.27. The molecule has 0 aliphatic heterocycles. The minimum Gasteiger partial charge on any atom is -0.375 e. The molecule has 1 N–H and O–H groups in total. The van der Waals surface area contributed by atoms with Crippen molar-refractivity contribution in [3.8, 4) is 0 Å². The highest BCUT2D eigenvalue weighted by Gasteiger charge is 2.20. The Balaban J connectivity index is 1.70. The summed E-state index contributed by atoms with van der Waals surface area (Å²) in [4.78, 5) is 0. The number of fused-ring (bicyclic) bond motifs is 1. The van der Waals surface area contributed by atoms with Crippen molar-refractivity contribution in [1.82, 2.24) is 9.88 Å². The number of rotatable bonds is 7. The summed E-state index contributed by atoms with van der Waals surface area (Å²) in [5.41, 5.74) is 1.73. The average Bonchev–Trinajstić information content (AvgIpc) is 2.98. The molecule has 0 unspecified atom stereocenters. The zero-order chi connectivity index (χ0) is 17.9. The zero-order valence-corrected chi connectivity index (χ0v) is 15.0. The Bertz CT molecular complexity index is 971. The zero-order valence-electron chi connectivity index (χ0n) is 13.5. The van der Waals surface area contributed by atoms with E-state index in [0.29, 0.717) is 21.7 Å². The molecule has 0 aliphatic rings. The molecule has 1 heterocycles. The van der Waals surface area contributed by atoms with E-state index in [9.17, 15) is 8.42 Å². The van der Waals surface area contributed by atoms with E-state index in [1.807, 2.05) is 12.1 Å². The van der Waals surface area contributed by atoms with Crippen LogP contribution in [0.3, 0.4) is 0 Å². The second-order valence-corrected chi connectivity index (χ2v) is 7.76. The number of halogens is 1. The summed E-state index contributed by atoms with van der Waals surface area (Å²) < 4.78 is 37.8. The van der Waals surface area contributed by atoms with Gasteiger partial charge in [-0.2, -0.15) is 0 Å². The van der Waals surface area contributed by atoms with Crippen molar-refractivity contribution in [2.24, 2.45) is 0 Å². The van der Waals surface area contributed by atoms with Crippen LogP contribution in [0.1, 0.15) is 17.4 Å². The first kappa shape index (κ1) is 17.9. The van der Waals surface area contributed by atoms with Gasteiger partial charge in [-0.1, -0.05) is 41.0 Å². The van der Waals surface area contributed by atoms with Gasteiger partial charge in [0.15, 0.2) is 5.58 Å². The molecule has 6 nitrogen and oxygen atoms in total. The van der Waals surface area contributed by atoms with Crippen LogP contribution in [-0.4, -0.2) is 27.2 Å². The molecule has 8 heteroatoms. The van der Waals surface area contributed by atoms with Crippen LogP contribution in [0.4, 0.5) is 0 Å². The Morgan fingerprint density at radius 3 is 2.80 bits per heavy atom. The fraction of sp³-hybridized carbons (Fsp3) is 0.235. The molecule has 25 heavy (non-hydrogen) atoms. The van der Waals surface area contributed by atoms with Crippen LogP contribution < -0.4 is 4.72 Å². The van der Waals surface area contributed by atoms with Crippen LogP contribution in [0.15, 0.2) is 53.1 Å². The van der Waals surface area contributed by atoms with Crippen LogP contribution >= 0.6 is 11.6 Å². The molecule has 132 valence electrons. The first-order valence-electron chi connectivity index (χ1n) is 7.57. The minimum atomic E-state index is -3.60. The second kappa shape index (κ2) is 7.53. The van der Waals surface area contributed by atoms with Gasteiger partial charge in [0, 0.05) is 24.1 Å². The molecule has 0 spiro atoms. The average molecular weight is 381 g/mol. The lowest BCUT2D eigenvalue weighted by molar-refractivity contribution is 0.107. The molecule has 0 bridgehead atoms. The fourth-order valence-electron chi connectivity index (χ4n) is 2.52. The van der Waals surface area contributed by atoms with Crippen molar-refractivity contribution < 1.29 is 17.7 Å². The van der Waals surface area contributed by atoms with Gasteiger partial charge in [0.1, 0.15) is 11.4 Å². The van der Waals surface area contributed by atoms with Crippen molar-refractivity contribution in [2.45, 2.75) is 11.9 Å². The lowest BCUT2D eigenvalue weighted by Crippen LogP contribution is -2.30. The number of aromatic nitrogens is 1. The molecule has 0 amide bonds. The van der Waals surface area contributed by atoms with Crippen LogP contribution in [0.2, 0.25) is 5.02 Å². The van der Waals surface area contributed by atoms with Crippen LogP contribution in [0, 0.1) is 0 Å². The molecule has 0 saturated carbocycles. The van der Waals surface area contributed by atoms with Gasteiger partial charge in [0.05, 0.1) is 6.10 Å². The Hall–Kier alpha value is -1.93. The third kappa shape index (κ3) is 4.38. The summed E-state index contributed by atoms with van der Waals surface area (Å²) in [6.07, 6.45) is -0.442. The highest BCUT2D eigenvalue weighted by molar-refractivity contribution is 7.88. The maximum atomic E-state index is 12.4. The number of sulfonamides is 1. The van der Waals surface area contributed by atoms with E-state index < -0.39 is 16.1 Å². The molecule has 0 fully saturated rings. The standard InChI is InChI=1S/C17H17ClN2O4S/c1-23-17(12-5-4-6-13(18)9-12)10-19-25(21,22)11-15-14-7-2-3-8-16(14)24-20-15/h2-9,17,19H,10-11H2,1H3/t17-/m0/s1. The lowest BCUT2D eigenvalue weighted by atomic mass is 10.1. The van der Waals surface area contributed by atoms with Gasteiger partial charge in [0.25, 0.3) is 0 Å². The Labute approximate surface area is 150 Å². The number of hydrogen-bond acceptors (Lipinski definition) is 5. The Morgan fingerprint density at radius 1 is 1.24 bits per heavy atom. The van der Waals surface area contributed by atoms with E-state index in [1.54, 1.807) is 36.4 Å². The molecule has 0 radical (unpaired) electrons. The number of methoxy groups -OCH3 is 1. The van der Waals surface area contributed by atoms with Gasteiger partial charge in [-0.15, -0.1) is 0 Å². The van der Waals surface area contributed by atoms with E-state index in [2.05, 4.69) is 9.88 Å². The van der Waals surface area contributed by atoms with E-state index in [0.717, 1.165) is 5.56 Å². The minimum absolute atomic E-state index is 0.0922. The van der Waals surface area contributed by atoms with E-state index in [-0.39, 0.29) is 12.3 Å². The van der Waals surface area contributed by atoms with Crippen LogP contribution in [-0.2, 0) is 20.5 Å². The molecule has 2 aromatic carbocycles. The van der Waals surface area contributed by atoms with Gasteiger partial charge in [-0.25, -0.2) is 13.1 Å². The van der Waals surface area contributed by atoms with Gasteiger partial charge in [-0.05, 0) is 29.8 Å². The normalized spacial score (nSPS) is 13.2. The quantitative estimate of drug-likeness (QED) is 0.680. The Morgan fingerprint density at radius 2 is 2.04 bits per heavy atom. The largest absolute Gasteiger partial charge is 0.375 e. The molecule has 1 aromatic heterocycles. The first-order valence-corrected chi connectivity index (χ1v) is 9.60. The van der Waals surface area contributed by atoms with Crippen LogP contribution in [0.25, 0.3) is 11.0 Å². The number of hydrogen-bond donors (Lipinski definition) is 1. The molecule has 0 saturated heterocycles. The SMILES string of the molecule is CO[C@@H](CNS(=O)(=O)Cc1noc2ccccc12)c1cccc(Cl)c1. The topological polar surface area (TPSA) is 81.4 Å². The summed E-state index contributed by atoms with van der Waals surface area (Å²) in [7, 11) is -2.09. The van der Waals surface area contributed by atoms with Crippen molar-refractivity contribution in [3.05, 3.63) is 64.8 Å². The number of nitrogens with one attached hydrogen (secondary N) is 1. The van der Waals surface area contributed by atoms with Gasteiger partial charge in [-0.3, -0.25) is 0 Å². The van der Waals surface area contributed by atoms with E-state index in [1.165, 1.54) is 7.11 Å². The predicted octanol–water partition coefficient (Wildman–Crippen LogP) is 3.29. The van der Waals surface area contributed by atoms with Crippen molar-refractivity contribution in [2.75, 3.05) is 13.7 Å². The monoisotopic (exact) mass is 380 g/mol. The summed E-state index contributed by atoms with van der Waals surface area (Å²) in [6.45, 7) is 0.0922. The van der Waals surface area contributed by atoms with Crippen LogP contribution in [0.5, 0.6) is 0 Å². The molecule has 0 aliphatic carbocycles. The fourth-order valence-corrected chi connectivity index (χ4v) is 3.79. The number of para-hydroxylation sites is 1. The smallest absolute Gasteiger partial charge is 0.217 e. The van der Waals surface area contributed by atoms with Crippen molar-refractivity contribution in [1.29, 1.82) is 0 Å².